The molecule has 0 bridgehead atoms. The molecule has 1 aromatic heterocycles. The fraction of sp³-hybridized carbons (Fsp3) is 0.714. The summed E-state index contributed by atoms with van der Waals surface area (Å²) >= 11 is 5.76. The monoisotopic (exact) mass is 467 g/mol. The van der Waals surface area contributed by atoms with Crippen molar-refractivity contribution in [3.63, 3.8) is 0 Å². The second-order valence-corrected chi connectivity index (χ2v) is 8.58. The summed E-state index contributed by atoms with van der Waals surface area (Å²) in [6.07, 6.45) is 2.18. The summed E-state index contributed by atoms with van der Waals surface area (Å²) in [5.74, 6) is 0.589. The molecule has 0 N–H and O–H groups in total. The highest BCUT2D eigenvalue weighted by Crippen LogP contribution is 2.40. The molecule has 0 aromatic carbocycles. The van der Waals surface area contributed by atoms with E-state index in [0.717, 1.165) is 20.4 Å². The molecule has 116 valence electrons. The van der Waals surface area contributed by atoms with Gasteiger partial charge in [-0.2, -0.15) is 5.10 Å². The molecule has 7 heteroatoms. The maximum Gasteiger partial charge on any atom is 0.410 e. The Morgan fingerprint density at radius 3 is 2.67 bits per heavy atom. The zero-order chi connectivity index (χ0) is 15.4. The van der Waals surface area contributed by atoms with Crippen molar-refractivity contribution in [2.24, 2.45) is 5.92 Å². The molecule has 0 spiro atoms. The Morgan fingerprint density at radius 1 is 1.43 bits per heavy atom. The molecule has 0 radical (unpaired) electrons. The molecule has 2 aliphatic rings. The van der Waals surface area contributed by atoms with Crippen molar-refractivity contribution in [1.82, 2.24) is 14.7 Å². The Hall–Kier alpha value is -0.310. The standard InChI is InChI=1S/C14H19BrIN3O2/c1-14(2,3)21-13(20)18-6-10-11(16)12(15)17-19(10)7-9(18)8-4-5-8/h8-9H,4-7H2,1-3H3. The normalized spacial score (nSPS) is 22.1. The SMILES string of the molecule is CC(C)(C)OC(=O)N1Cc2c(I)c(Br)nn2CC1C1CC1. The summed E-state index contributed by atoms with van der Waals surface area (Å²) in [5.41, 5.74) is 0.626. The number of carbonyl (C=O) groups excluding carboxylic acids is 1. The summed E-state index contributed by atoms with van der Waals surface area (Å²) in [4.78, 5) is 14.4. The van der Waals surface area contributed by atoms with E-state index < -0.39 is 5.60 Å². The molecule has 1 atom stereocenters. The molecular weight excluding hydrogens is 449 g/mol. The van der Waals surface area contributed by atoms with Gasteiger partial charge in [-0.1, -0.05) is 0 Å². The number of rotatable bonds is 1. The molecule has 2 heterocycles. The van der Waals surface area contributed by atoms with E-state index in [2.05, 4.69) is 43.6 Å². The van der Waals surface area contributed by atoms with Gasteiger partial charge < -0.3 is 4.74 Å². The lowest BCUT2D eigenvalue weighted by Gasteiger charge is -2.37. The van der Waals surface area contributed by atoms with E-state index in [1.54, 1.807) is 0 Å². The zero-order valence-corrected chi connectivity index (χ0v) is 16.1. The average Bonchev–Trinajstić information content (AvgIpc) is 3.15. The Kier molecular flexibility index (Phi) is 4.01. The van der Waals surface area contributed by atoms with E-state index in [-0.39, 0.29) is 12.1 Å². The van der Waals surface area contributed by atoms with Crippen LogP contribution in [0.25, 0.3) is 0 Å². The van der Waals surface area contributed by atoms with Gasteiger partial charge in [-0.15, -0.1) is 0 Å². The van der Waals surface area contributed by atoms with Crippen molar-refractivity contribution in [2.45, 2.75) is 58.3 Å². The fourth-order valence-electron chi connectivity index (χ4n) is 2.70. The van der Waals surface area contributed by atoms with E-state index in [1.165, 1.54) is 12.8 Å². The topological polar surface area (TPSA) is 47.4 Å². The van der Waals surface area contributed by atoms with E-state index >= 15 is 0 Å². The number of halogens is 2. The Bertz CT molecular complexity index is 578. The van der Waals surface area contributed by atoms with Crippen molar-refractivity contribution < 1.29 is 9.53 Å². The minimum absolute atomic E-state index is 0.204. The number of amides is 1. The number of aromatic nitrogens is 2. The van der Waals surface area contributed by atoms with Gasteiger partial charge in [0.1, 0.15) is 10.2 Å². The first-order chi connectivity index (χ1) is 9.76. The first-order valence-electron chi connectivity index (χ1n) is 7.16. The lowest BCUT2D eigenvalue weighted by Crippen LogP contribution is -2.49. The van der Waals surface area contributed by atoms with E-state index in [4.69, 9.17) is 4.74 Å². The lowest BCUT2D eigenvalue weighted by atomic mass is 10.1. The summed E-state index contributed by atoms with van der Waals surface area (Å²) in [6, 6.07) is 0.204. The first-order valence-corrected chi connectivity index (χ1v) is 9.04. The molecule has 0 saturated heterocycles. The number of nitrogens with zero attached hydrogens (tertiary/aromatic N) is 3. The van der Waals surface area contributed by atoms with Crippen LogP contribution in [0, 0.1) is 9.49 Å². The zero-order valence-electron chi connectivity index (χ0n) is 12.4. The average molecular weight is 468 g/mol. The van der Waals surface area contributed by atoms with Crippen molar-refractivity contribution in [2.75, 3.05) is 0 Å². The van der Waals surface area contributed by atoms with Crippen LogP contribution in [-0.4, -0.2) is 32.4 Å². The highest BCUT2D eigenvalue weighted by molar-refractivity contribution is 14.1. The van der Waals surface area contributed by atoms with Gasteiger partial charge in [-0.25, -0.2) is 4.79 Å². The minimum Gasteiger partial charge on any atom is -0.444 e. The molecule has 21 heavy (non-hydrogen) atoms. The van der Waals surface area contributed by atoms with Gasteiger partial charge in [0.05, 0.1) is 28.4 Å². The number of hydrogen-bond donors (Lipinski definition) is 0. The van der Waals surface area contributed by atoms with Gasteiger partial charge >= 0.3 is 6.09 Å². The number of fused-ring (bicyclic) bond motifs is 1. The number of carbonyl (C=O) groups is 1. The third-order valence-corrected chi connectivity index (χ3v) is 6.26. The van der Waals surface area contributed by atoms with Crippen LogP contribution in [0.3, 0.4) is 0 Å². The Morgan fingerprint density at radius 2 is 2.10 bits per heavy atom. The molecule has 1 amide bonds. The maximum absolute atomic E-state index is 12.5. The largest absolute Gasteiger partial charge is 0.444 e. The third kappa shape index (κ3) is 3.23. The first kappa shape index (κ1) is 15.6. The number of hydrogen-bond acceptors (Lipinski definition) is 3. The highest BCUT2D eigenvalue weighted by Gasteiger charge is 2.43. The van der Waals surface area contributed by atoms with Crippen molar-refractivity contribution >= 4 is 44.6 Å². The fourth-order valence-corrected chi connectivity index (χ4v) is 3.68. The quantitative estimate of drug-likeness (QED) is 0.590. The smallest absolute Gasteiger partial charge is 0.410 e. The van der Waals surface area contributed by atoms with Gasteiger partial charge in [-0.05, 0) is 78.1 Å². The van der Waals surface area contributed by atoms with Crippen LogP contribution in [0.2, 0.25) is 0 Å². The van der Waals surface area contributed by atoms with Crippen molar-refractivity contribution in [1.29, 1.82) is 0 Å². The third-order valence-electron chi connectivity index (χ3n) is 3.83. The molecular formula is C14H19BrIN3O2. The highest BCUT2D eigenvalue weighted by atomic mass is 127. The number of ether oxygens (including phenoxy) is 1. The molecule has 1 aliphatic heterocycles. The summed E-state index contributed by atoms with van der Waals surface area (Å²) < 4.78 is 9.57. The maximum atomic E-state index is 12.5. The van der Waals surface area contributed by atoms with Crippen LogP contribution in [0.15, 0.2) is 4.60 Å². The molecule has 1 fully saturated rings. The van der Waals surface area contributed by atoms with Crippen LogP contribution in [0.4, 0.5) is 4.79 Å². The van der Waals surface area contributed by atoms with Gasteiger partial charge in [-0.3, -0.25) is 9.58 Å². The second kappa shape index (κ2) is 5.40. The predicted octanol–water partition coefficient (Wildman–Crippen LogP) is 3.78. The molecule has 5 nitrogen and oxygen atoms in total. The Balaban J connectivity index is 1.87. The van der Waals surface area contributed by atoms with Crippen LogP contribution < -0.4 is 0 Å². The lowest BCUT2D eigenvalue weighted by molar-refractivity contribution is 0.00354. The van der Waals surface area contributed by atoms with Crippen LogP contribution in [-0.2, 0) is 17.8 Å². The summed E-state index contributed by atoms with van der Waals surface area (Å²) in [6.45, 7) is 7.07. The predicted molar refractivity (Wildman–Crippen MR) is 90.9 cm³/mol. The van der Waals surface area contributed by atoms with Gasteiger partial charge in [0, 0.05) is 0 Å². The van der Waals surface area contributed by atoms with E-state index in [1.807, 2.05) is 30.4 Å². The van der Waals surface area contributed by atoms with Gasteiger partial charge in [0.2, 0.25) is 0 Å². The van der Waals surface area contributed by atoms with Gasteiger partial charge in [0.25, 0.3) is 0 Å². The second-order valence-electron chi connectivity index (χ2n) is 6.75. The summed E-state index contributed by atoms with van der Waals surface area (Å²) in [5, 5.41) is 4.53. The van der Waals surface area contributed by atoms with Gasteiger partial charge in [0.15, 0.2) is 0 Å². The molecule has 1 unspecified atom stereocenters. The summed E-state index contributed by atoms with van der Waals surface area (Å²) in [7, 11) is 0. The molecule has 3 rings (SSSR count). The minimum atomic E-state index is -0.462. The van der Waals surface area contributed by atoms with Crippen LogP contribution >= 0.6 is 38.5 Å². The molecule has 1 saturated carbocycles. The van der Waals surface area contributed by atoms with Crippen molar-refractivity contribution in [3.05, 3.63) is 13.9 Å². The van der Waals surface area contributed by atoms with E-state index in [0.29, 0.717) is 12.5 Å². The Labute approximate surface area is 146 Å². The van der Waals surface area contributed by atoms with Crippen molar-refractivity contribution in [3.8, 4) is 0 Å². The van der Waals surface area contributed by atoms with Crippen LogP contribution in [0.1, 0.15) is 39.3 Å². The van der Waals surface area contributed by atoms with Crippen LogP contribution in [0.5, 0.6) is 0 Å². The van der Waals surface area contributed by atoms with E-state index in [9.17, 15) is 4.79 Å². The molecule has 1 aliphatic carbocycles. The molecule has 1 aromatic rings.